The fourth-order valence-corrected chi connectivity index (χ4v) is 4.90. The topological polar surface area (TPSA) is 46.6 Å². The summed E-state index contributed by atoms with van der Waals surface area (Å²) in [5.41, 5.74) is 2.84. The number of allylic oxidation sites excluding steroid dienone is 2. The minimum atomic E-state index is -0.412. The van der Waals surface area contributed by atoms with Crippen molar-refractivity contribution in [3.63, 3.8) is 0 Å². The van der Waals surface area contributed by atoms with E-state index in [9.17, 15) is 9.59 Å². The number of ether oxygens (including phenoxy) is 1. The van der Waals surface area contributed by atoms with Crippen LogP contribution in [0.3, 0.4) is 0 Å². The molecule has 2 aliphatic rings. The van der Waals surface area contributed by atoms with Crippen LogP contribution in [0.25, 0.3) is 0 Å². The quantitative estimate of drug-likeness (QED) is 0.605. The molecule has 0 bridgehead atoms. The molecule has 1 aliphatic carbocycles. The summed E-state index contributed by atoms with van der Waals surface area (Å²) < 4.78 is 5.50. The predicted octanol–water partition coefficient (Wildman–Crippen LogP) is 5.92. The van der Waals surface area contributed by atoms with Crippen molar-refractivity contribution >= 4 is 40.6 Å². The van der Waals surface area contributed by atoms with Gasteiger partial charge in [-0.15, -0.1) is 0 Å². The van der Waals surface area contributed by atoms with Gasteiger partial charge in [0.25, 0.3) is 0 Å². The predicted molar refractivity (Wildman–Crippen MR) is 115 cm³/mol. The maximum atomic E-state index is 13.2. The van der Waals surface area contributed by atoms with E-state index >= 15 is 0 Å². The van der Waals surface area contributed by atoms with Gasteiger partial charge in [0, 0.05) is 45.8 Å². The SMILES string of the molecule is CCOc1ccc(N2C(=O)CC(c3c(Cl)cccc3Cl)C3=C2CCCC3=O)cc1. The molecule has 0 saturated carbocycles. The highest BCUT2D eigenvalue weighted by molar-refractivity contribution is 6.36. The summed E-state index contributed by atoms with van der Waals surface area (Å²) in [6.45, 7) is 2.50. The fourth-order valence-electron chi connectivity index (χ4n) is 4.24. The minimum absolute atomic E-state index is 0.0654. The maximum Gasteiger partial charge on any atom is 0.232 e. The molecule has 4 rings (SSSR count). The van der Waals surface area contributed by atoms with Gasteiger partial charge in [-0.1, -0.05) is 29.3 Å². The molecule has 4 nitrogen and oxygen atoms in total. The van der Waals surface area contributed by atoms with Crippen molar-refractivity contribution in [3.8, 4) is 5.75 Å². The van der Waals surface area contributed by atoms with Gasteiger partial charge in [-0.05, 0) is 61.7 Å². The Morgan fingerprint density at radius 3 is 2.38 bits per heavy atom. The Labute approximate surface area is 180 Å². The molecule has 0 N–H and O–H groups in total. The molecule has 0 spiro atoms. The van der Waals surface area contributed by atoms with Crippen LogP contribution in [-0.2, 0) is 9.59 Å². The molecular weight excluding hydrogens is 409 g/mol. The zero-order chi connectivity index (χ0) is 20.5. The Kier molecular flexibility index (Phi) is 5.66. The molecule has 1 heterocycles. The summed E-state index contributed by atoms with van der Waals surface area (Å²) in [6.07, 6.45) is 2.02. The molecular formula is C23H21Cl2NO3. The number of anilines is 1. The molecule has 2 aromatic carbocycles. The second-order valence-corrected chi connectivity index (χ2v) is 8.00. The van der Waals surface area contributed by atoms with Crippen molar-refractivity contribution in [2.75, 3.05) is 11.5 Å². The molecule has 6 heteroatoms. The van der Waals surface area contributed by atoms with Crippen LogP contribution in [0.5, 0.6) is 5.75 Å². The first-order chi connectivity index (χ1) is 14.0. The van der Waals surface area contributed by atoms with Gasteiger partial charge in [0.05, 0.1) is 6.61 Å². The largest absolute Gasteiger partial charge is 0.494 e. The molecule has 0 aromatic heterocycles. The molecule has 0 fully saturated rings. The lowest BCUT2D eigenvalue weighted by molar-refractivity contribution is -0.119. The van der Waals surface area contributed by atoms with Gasteiger partial charge in [-0.3, -0.25) is 14.5 Å². The monoisotopic (exact) mass is 429 g/mol. The molecule has 1 amide bonds. The second-order valence-electron chi connectivity index (χ2n) is 7.19. The van der Waals surface area contributed by atoms with Crippen molar-refractivity contribution in [2.24, 2.45) is 0 Å². The van der Waals surface area contributed by atoms with Crippen LogP contribution >= 0.6 is 23.2 Å². The van der Waals surface area contributed by atoms with Crippen LogP contribution in [-0.4, -0.2) is 18.3 Å². The number of amides is 1. The van der Waals surface area contributed by atoms with E-state index in [1.807, 2.05) is 31.2 Å². The third kappa shape index (κ3) is 3.67. The van der Waals surface area contributed by atoms with E-state index in [0.29, 0.717) is 40.6 Å². The van der Waals surface area contributed by atoms with Gasteiger partial charge in [-0.2, -0.15) is 0 Å². The lowest BCUT2D eigenvalue weighted by Gasteiger charge is -2.38. The van der Waals surface area contributed by atoms with E-state index in [2.05, 4.69) is 0 Å². The Hall–Kier alpha value is -2.30. The standard InChI is InChI=1S/C23H21Cl2NO3/c1-2-29-15-11-9-14(10-12-15)26-19-7-4-8-20(27)23(19)16(13-21(26)28)22-17(24)5-3-6-18(22)25/h3,5-6,9-12,16H,2,4,7-8,13H2,1H3. The lowest BCUT2D eigenvalue weighted by atomic mass is 9.77. The molecule has 2 aromatic rings. The third-order valence-corrected chi connectivity index (χ3v) is 6.09. The third-order valence-electron chi connectivity index (χ3n) is 5.43. The van der Waals surface area contributed by atoms with E-state index in [-0.39, 0.29) is 18.1 Å². The van der Waals surface area contributed by atoms with Gasteiger partial charge in [0.2, 0.25) is 5.91 Å². The number of hydrogen-bond donors (Lipinski definition) is 0. The van der Waals surface area contributed by atoms with E-state index in [1.165, 1.54) is 0 Å². The summed E-state index contributed by atoms with van der Waals surface area (Å²) in [5.74, 6) is 0.333. The summed E-state index contributed by atoms with van der Waals surface area (Å²) in [6, 6.07) is 12.7. The number of carbonyl (C=O) groups excluding carboxylic acids is 2. The maximum absolute atomic E-state index is 13.2. The number of ketones is 1. The van der Waals surface area contributed by atoms with Crippen LogP contribution in [0.15, 0.2) is 53.7 Å². The minimum Gasteiger partial charge on any atom is -0.494 e. The number of rotatable bonds is 4. The van der Waals surface area contributed by atoms with E-state index in [4.69, 9.17) is 27.9 Å². The molecule has 0 saturated heterocycles. The van der Waals surface area contributed by atoms with Crippen molar-refractivity contribution in [3.05, 3.63) is 69.3 Å². The van der Waals surface area contributed by atoms with Crippen molar-refractivity contribution in [1.29, 1.82) is 0 Å². The normalized spacial score (nSPS) is 19.4. The molecule has 1 atom stereocenters. The number of nitrogens with zero attached hydrogens (tertiary/aromatic N) is 1. The molecule has 29 heavy (non-hydrogen) atoms. The van der Waals surface area contributed by atoms with Gasteiger partial charge >= 0.3 is 0 Å². The van der Waals surface area contributed by atoms with Gasteiger partial charge in [-0.25, -0.2) is 0 Å². The Morgan fingerprint density at radius 2 is 1.72 bits per heavy atom. The molecule has 150 valence electrons. The highest BCUT2D eigenvalue weighted by Crippen LogP contribution is 2.46. The number of carbonyl (C=O) groups is 2. The average Bonchev–Trinajstić information content (AvgIpc) is 2.69. The Bertz CT molecular complexity index is 977. The molecule has 1 unspecified atom stereocenters. The summed E-state index contributed by atoms with van der Waals surface area (Å²) in [7, 11) is 0. The molecule has 0 radical (unpaired) electrons. The first-order valence-corrected chi connectivity index (χ1v) is 10.5. The van der Waals surface area contributed by atoms with Crippen molar-refractivity contribution < 1.29 is 14.3 Å². The second kappa shape index (κ2) is 8.21. The van der Waals surface area contributed by atoms with Crippen LogP contribution in [0.4, 0.5) is 5.69 Å². The highest BCUT2D eigenvalue weighted by atomic mass is 35.5. The van der Waals surface area contributed by atoms with Crippen LogP contribution in [0.1, 0.15) is 44.1 Å². The zero-order valence-corrected chi connectivity index (χ0v) is 17.6. The van der Waals surface area contributed by atoms with E-state index < -0.39 is 5.92 Å². The van der Waals surface area contributed by atoms with Gasteiger partial charge in [0.1, 0.15) is 5.75 Å². The number of benzene rings is 2. The van der Waals surface area contributed by atoms with Crippen molar-refractivity contribution in [1.82, 2.24) is 0 Å². The highest BCUT2D eigenvalue weighted by Gasteiger charge is 2.41. The van der Waals surface area contributed by atoms with Crippen molar-refractivity contribution in [2.45, 2.75) is 38.5 Å². The van der Waals surface area contributed by atoms with Crippen LogP contribution < -0.4 is 9.64 Å². The summed E-state index contributed by atoms with van der Waals surface area (Å²) >= 11 is 12.9. The summed E-state index contributed by atoms with van der Waals surface area (Å²) in [5, 5.41) is 0.963. The van der Waals surface area contributed by atoms with E-state index in [0.717, 1.165) is 23.6 Å². The number of hydrogen-bond acceptors (Lipinski definition) is 3. The summed E-state index contributed by atoms with van der Waals surface area (Å²) in [4.78, 5) is 27.9. The van der Waals surface area contributed by atoms with E-state index in [1.54, 1.807) is 23.1 Å². The Morgan fingerprint density at radius 1 is 1.03 bits per heavy atom. The van der Waals surface area contributed by atoms with Gasteiger partial charge < -0.3 is 4.74 Å². The average molecular weight is 430 g/mol. The zero-order valence-electron chi connectivity index (χ0n) is 16.1. The number of Topliss-reactive ketones (excluding diaryl/α,β-unsaturated/α-hetero) is 1. The lowest BCUT2D eigenvalue weighted by Crippen LogP contribution is -2.40. The first-order valence-electron chi connectivity index (χ1n) is 9.77. The fraction of sp³-hybridized carbons (Fsp3) is 0.304. The first kappa shape index (κ1) is 20.0. The Balaban J connectivity index is 1.83. The molecule has 1 aliphatic heterocycles. The van der Waals surface area contributed by atoms with Gasteiger partial charge in [0.15, 0.2) is 5.78 Å². The number of halogens is 2. The smallest absolute Gasteiger partial charge is 0.232 e. The van der Waals surface area contributed by atoms with Crippen LogP contribution in [0, 0.1) is 0 Å². The van der Waals surface area contributed by atoms with Crippen LogP contribution in [0.2, 0.25) is 10.0 Å².